The molecule has 2 aromatic heterocycles. The second-order valence-corrected chi connectivity index (χ2v) is 26.9. The summed E-state index contributed by atoms with van der Waals surface area (Å²) in [5, 5.41) is 43.4. The summed E-state index contributed by atoms with van der Waals surface area (Å²) in [6.45, 7) is 1.02. The number of phenolic OH excluding ortho intramolecular Hbond substituents is 1. The third kappa shape index (κ3) is 20.0. The molecular formula is C70H81FN14O13S2. The molecule has 1 unspecified atom stereocenters. The summed E-state index contributed by atoms with van der Waals surface area (Å²) in [7, 11) is 0. The molecule has 528 valence electrons. The number of thioether (sulfide) groups is 2. The van der Waals surface area contributed by atoms with Gasteiger partial charge < -0.3 is 79.1 Å². The minimum atomic E-state index is -2.13. The molecule has 2 bridgehead atoms. The quantitative estimate of drug-likeness (QED) is 0.0696. The summed E-state index contributed by atoms with van der Waals surface area (Å²) < 4.78 is 15.0. The van der Waals surface area contributed by atoms with E-state index in [0.29, 0.717) is 64.9 Å². The van der Waals surface area contributed by atoms with Gasteiger partial charge in [0.05, 0.1) is 19.3 Å². The maximum Gasteiger partial charge on any atom is 0.305 e. The number of carbonyl (C=O) groups is 11. The Labute approximate surface area is 583 Å². The van der Waals surface area contributed by atoms with Crippen molar-refractivity contribution in [3.05, 3.63) is 167 Å². The number of nitrogens with zero attached hydrogens (tertiary/aromatic N) is 2. The van der Waals surface area contributed by atoms with Crippen LogP contribution < -0.4 is 54.0 Å². The van der Waals surface area contributed by atoms with Crippen molar-refractivity contribution in [1.82, 2.24) is 62.4 Å². The number of H-pyrrole nitrogens is 2. The number of benzene rings is 5. The van der Waals surface area contributed by atoms with Crippen LogP contribution in [0.25, 0.3) is 21.7 Å². The van der Waals surface area contributed by atoms with Crippen molar-refractivity contribution in [2.75, 3.05) is 31.1 Å². The second kappa shape index (κ2) is 34.9. The number of phenols is 1. The number of carboxylic acid groups (broad SMARTS) is 1. The summed E-state index contributed by atoms with van der Waals surface area (Å²) in [6.07, 6.45) is 3.66. The summed E-state index contributed by atoms with van der Waals surface area (Å²) in [5.74, 6) is -9.65. The number of aromatic amines is 2. The van der Waals surface area contributed by atoms with Gasteiger partial charge in [0.2, 0.25) is 53.2 Å². The fourth-order valence-corrected chi connectivity index (χ4v) is 14.0. The van der Waals surface area contributed by atoms with Crippen molar-refractivity contribution in [3.8, 4) is 5.75 Å². The molecule has 2 aliphatic heterocycles. The van der Waals surface area contributed by atoms with Gasteiger partial charge in [0, 0.05) is 84.2 Å². The molecule has 2 aliphatic rings. The van der Waals surface area contributed by atoms with Crippen molar-refractivity contribution in [3.63, 3.8) is 0 Å². The van der Waals surface area contributed by atoms with Gasteiger partial charge in [0.15, 0.2) is 0 Å². The Kier molecular flexibility index (Phi) is 25.8. The van der Waals surface area contributed by atoms with Gasteiger partial charge in [0.25, 0.3) is 5.91 Å². The summed E-state index contributed by atoms with van der Waals surface area (Å²) in [4.78, 5) is 169. The normalized spacial score (nSPS) is 22.8. The van der Waals surface area contributed by atoms with Crippen LogP contribution in [0, 0.1) is 5.82 Å². The van der Waals surface area contributed by atoms with Gasteiger partial charge in [-0.1, -0.05) is 78.9 Å². The number of aromatic nitrogens is 3. The van der Waals surface area contributed by atoms with E-state index in [1.807, 2.05) is 24.3 Å². The average molecular weight is 1410 g/mol. The van der Waals surface area contributed by atoms with Crippen LogP contribution in [0.2, 0.25) is 0 Å². The van der Waals surface area contributed by atoms with Crippen LogP contribution in [0.5, 0.6) is 5.75 Å². The van der Waals surface area contributed by atoms with Gasteiger partial charge in [-0.05, 0) is 114 Å². The summed E-state index contributed by atoms with van der Waals surface area (Å²) in [6, 6.07) is 18.9. The van der Waals surface area contributed by atoms with E-state index >= 15 is 18.8 Å². The molecule has 27 nitrogen and oxygen atoms in total. The number of hydrogen-bond acceptors (Lipinski definition) is 16. The number of hydrogen-bond donors (Lipinski definition) is 14. The van der Waals surface area contributed by atoms with Crippen LogP contribution in [0.4, 0.5) is 4.39 Å². The molecule has 7 aromatic rings. The van der Waals surface area contributed by atoms with E-state index in [2.05, 4.69) is 57.5 Å². The number of imidazole rings is 1. The van der Waals surface area contributed by atoms with Crippen LogP contribution in [-0.2, 0) is 89.0 Å². The fourth-order valence-electron chi connectivity index (χ4n) is 12.1. The van der Waals surface area contributed by atoms with Crippen molar-refractivity contribution < 1.29 is 67.3 Å². The number of aliphatic carboxylic acids is 1. The zero-order valence-electron chi connectivity index (χ0n) is 54.8. The van der Waals surface area contributed by atoms with Crippen LogP contribution in [0.1, 0.15) is 85.4 Å². The number of carbonyl (C=O) groups excluding carboxylic acids is 10. The number of rotatable bonds is 14. The Bertz CT molecular complexity index is 4120. The van der Waals surface area contributed by atoms with E-state index in [-0.39, 0.29) is 72.4 Å². The molecule has 9 rings (SSSR count). The van der Waals surface area contributed by atoms with Crippen molar-refractivity contribution in [1.29, 1.82) is 0 Å². The Morgan fingerprint density at radius 3 is 2.13 bits per heavy atom. The van der Waals surface area contributed by atoms with E-state index in [1.165, 1.54) is 96.5 Å². The predicted molar refractivity (Wildman–Crippen MR) is 373 cm³/mol. The van der Waals surface area contributed by atoms with E-state index in [4.69, 9.17) is 11.5 Å². The zero-order valence-corrected chi connectivity index (χ0v) is 56.4. The van der Waals surface area contributed by atoms with Gasteiger partial charge in [-0.2, -0.15) is 23.5 Å². The molecule has 10 amide bonds. The third-order valence-electron chi connectivity index (χ3n) is 17.4. The van der Waals surface area contributed by atoms with Gasteiger partial charge >= 0.3 is 5.97 Å². The molecule has 16 N–H and O–H groups in total. The summed E-state index contributed by atoms with van der Waals surface area (Å²) in [5.41, 5.74) is 13.0. The van der Waals surface area contributed by atoms with Crippen molar-refractivity contribution >= 4 is 110 Å². The Morgan fingerprint density at radius 1 is 0.700 bits per heavy atom. The van der Waals surface area contributed by atoms with E-state index in [1.54, 1.807) is 42.5 Å². The first kappa shape index (κ1) is 73.9. The standard InChI is InChI=1S/C70H81FN14O13S2/c1-70(50-14-7-12-43-11-2-3-13-48(43)50)69(98)83-53(29-44-33-75-51-22-19-45(71)30-49(44)51)64(93)80-55(32-61(89)90)66(95)79-54(31-46-34-74-39-77-46)65(94)81-56(28-40-17-20-47(86)21-18-40)68(97)85-25-8-16-58(85)67(96)82-57(62(73)91)38-100-37-42-10-6-9-41(27-42)36-99-26-23-59(87)78-52(15-4-5-24-72)63(92)76-35-60(88)84-70/h2-3,6-7,9-14,17-22,27,30,33-34,39,52-58,75,86H,4-5,8,15-16,23-26,28-29,31-32,35-38,72H2,1H3,(H2,73,91)(H,74,77)(H,76,92)(H,78,87)(H,79,95)(H,80,93)(H,81,94)(H,82,96)(H,83,98)(H,84,88)(H,89,90)/t52-,53-,54-,55-,56-,57-,58-,70?/m0/s1. The smallest absolute Gasteiger partial charge is 0.305 e. The second-order valence-electron chi connectivity index (χ2n) is 24.8. The Morgan fingerprint density at radius 2 is 1.40 bits per heavy atom. The van der Waals surface area contributed by atoms with Gasteiger partial charge in [-0.3, -0.25) is 52.7 Å². The SMILES string of the molecule is CC1(c2cccc3ccccc23)NC(=O)CNC(=O)[C@H](CCCCN)NC(=O)CCSCc2cccc(c2)CSC[C@@H](C(N)=O)NC(=O)[C@@H]2CCCN2C(=O)[C@H](Cc2ccc(O)cc2)NC(=O)[C@H](Cc2cnc[nH]2)NC(=O)[C@H](CC(=O)O)NC(=O)[C@H](Cc2c[nH]c3ccc(F)cc23)NC1=O. The molecule has 30 heteroatoms. The number of nitrogens with one attached hydrogen (secondary N) is 10. The first-order valence-electron chi connectivity index (χ1n) is 32.7. The van der Waals surface area contributed by atoms with Crippen LogP contribution in [0.3, 0.4) is 0 Å². The predicted octanol–water partition coefficient (Wildman–Crippen LogP) is 2.62. The number of nitrogens with two attached hydrogens (primary N) is 2. The number of primary amides is 1. The van der Waals surface area contributed by atoms with E-state index in [9.17, 15) is 48.6 Å². The lowest BCUT2D eigenvalue weighted by Crippen LogP contribution is -2.62. The molecule has 0 spiro atoms. The highest BCUT2D eigenvalue weighted by atomic mass is 32.2. The lowest BCUT2D eigenvalue weighted by molar-refractivity contribution is -0.143. The van der Waals surface area contributed by atoms with E-state index < -0.39 is 138 Å². The summed E-state index contributed by atoms with van der Waals surface area (Å²) >= 11 is 2.81. The highest BCUT2D eigenvalue weighted by Gasteiger charge is 2.43. The van der Waals surface area contributed by atoms with Gasteiger partial charge in [-0.15, -0.1) is 0 Å². The molecular weight excluding hydrogens is 1330 g/mol. The molecule has 4 heterocycles. The number of aromatic hydroxyl groups is 1. The topological polar surface area (TPSA) is 424 Å². The zero-order chi connectivity index (χ0) is 71.5. The highest BCUT2D eigenvalue weighted by Crippen LogP contribution is 2.31. The minimum Gasteiger partial charge on any atom is -0.508 e. The first-order chi connectivity index (χ1) is 48.0. The molecule has 0 aliphatic carbocycles. The third-order valence-corrected chi connectivity index (χ3v) is 19.5. The van der Waals surface area contributed by atoms with Crippen molar-refractivity contribution in [2.24, 2.45) is 11.5 Å². The Hall–Kier alpha value is -10.3. The maximum atomic E-state index is 15.6. The monoisotopic (exact) mass is 1410 g/mol. The fraction of sp³-hybridized carbons (Fsp3) is 0.371. The molecule has 0 saturated carbocycles. The number of amides is 10. The molecule has 8 atom stereocenters. The first-order valence-corrected chi connectivity index (χ1v) is 35.0. The van der Waals surface area contributed by atoms with Crippen LogP contribution >= 0.6 is 23.5 Å². The lowest BCUT2D eigenvalue weighted by Gasteiger charge is -2.33. The molecule has 1 fully saturated rings. The van der Waals surface area contributed by atoms with Crippen LogP contribution in [0.15, 0.2) is 128 Å². The average Bonchev–Trinajstić information content (AvgIpc) is 0.969. The van der Waals surface area contributed by atoms with Crippen molar-refractivity contribution in [2.45, 2.75) is 130 Å². The lowest BCUT2D eigenvalue weighted by atomic mass is 9.86. The molecule has 100 heavy (non-hydrogen) atoms. The molecule has 5 aromatic carbocycles. The number of halogens is 1. The van der Waals surface area contributed by atoms with Crippen LogP contribution in [-0.4, -0.2) is 169 Å². The minimum absolute atomic E-state index is 0.0284. The largest absolute Gasteiger partial charge is 0.508 e. The number of carboxylic acids is 1. The number of fused-ring (bicyclic) bond motifs is 5. The van der Waals surface area contributed by atoms with E-state index in [0.717, 1.165) is 11.1 Å². The van der Waals surface area contributed by atoms with Gasteiger partial charge in [0.1, 0.15) is 59.4 Å². The highest BCUT2D eigenvalue weighted by molar-refractivity contribution is 7.98. The van der Waals surface area contributed by atoms with Gasteiger partial charge in [-0.25, -0.2) is 9.37 Å². The Balaban J connectivity index is 1.07. The number of unbranched alkanes of at least 4 members (excludes halogenated alkanes) is 1. The maximum absolute atomic E-state index is 15.6. The molecule has 0 radical (unpaired) electrons. The molecule has 1 saturated heterocycles.